The summed E-state index contributed by atoms with van der Waals surface area (Å²) in [6.45, 7) is 5.16. The van der Waals surface area contributed by atoms with Crippen LogP contribution in [0.1, 0.15) is 18.9 Å². The van der Waals surface area contributed by atoms with Gasteiger partial charge < -0.3 is 14.2 Å². The van der Waals surface area contributed by atoms with Crippen LogP contribution in [-0.2, 0) is 28.6 Å². The number of hydrogen-bond donors (Lipinski definition) is 0. The molecule has 0 fully saturated rings. The molecule has 1 unspecified atom stereocenters. The lowest BCUT2D eigenvalue weighted by Crippen LogP contribution is -2.29. The highest BCUT2D eigenvalue weighted by molar-refractivity contribution is 5.99. The van der Waals surface area contributed by atoms with Crippen molar-refractivity contribution in [2.24, 2.45) is 5.92 Å². The highest BCUT2D eigenvalue weighted by Gasteiger charge is 2.32. The molecular formula is C19H22O6. The summed E-state index contributed by atoms with van der Waals surface area (Å²) in [4.78, 5) is 36.3. The quantitative estimate of drug-likeness (QED) is 0.225. The first kappa shape index (κ1) is 20.2. The van der Waals surface area contributed by atoms with E-state index in [-0.39, 0.29) is 25.2 Å². The Kier molecular flexibility index (Phi) is 8.71. The molecule has 0 amide bonds. The molecule has 0 aromatic heterocycles. The maximum Gasteiger partial charge on any atom is 0.333 e. The van der Waals surface area contributed by atoms with Gasteiger partial charge in [-0.3, -0.25) is 9.59 Å². The molecule has 0 heterocycles. The van der Waals surface area contributed by atoms with Crippen LogP contribution in [0.3, 0.4) is 0 Å². The standard InChI is InChI=1S/C19H22O6/c1-4-11-25-19(22)16(18(21)24-5-2)13-15(17(20)23-3)12-14-9-7-6-8-10-14/h4,6-10,12,16H,1,5,11,13H2,2-3H3/b15-12+. The van der Waals surface area contributed by atoms with E-state index >= 15 is 0 Å². The molecule has 1 aromatic carbocycles. The first-order valence-electron chi connectivity index (χ1n) is 7.81. The van der Waals surface area contributed by atoms with Gasteiger partial charge in [-0.05, 0) is 18.6 Å². The van der Waals surface area contributed by atoms with Crippen molar-refractivity contribution in [3.8, 4) is 0 Å². The van der Waals surface area contributed by atoms with Crippen LogP contribution in [0.5, 0.6) is 0 Å². The number of benzene rings is 1. The van der Waals surface area contributed by atoms with Crippen molar-refractivity contribution >= 4 is 24.0 Å². The van der Waals surface area contributed by atoms with Crippen LogP contribution in [0.4, 0.5) is 0 Å². The fraction of sp³-hybridized carbons (Fsp3) is 0.316. The molecule has 0 saturated carbocycles. The highest BCUT2D eigenvalue weighted by atomic mass is 16.6. The van der Waals surface area contributed by atoms with Crippen LogP contribution in [-0.4, -0.2) is 38.2 Å². The Morgan fingerprint density at radius 2 is 1.76 bits per heavy atom. The summed E-state index contributed by atoms with van der Waals surface area (Å²) in [5, 5.41) is 0. The zero-order valence-corrected chi connectivity index (χ0v) is 14.4. The predicted octanol–water partition coefficient (Wildman–Crippen LogP) is 2.54. The fourth-order valence-electron chi connectivity index (χ4n) is 2.05. The molecular weight excluding hydrogens is 324 g/mol. The SMILES string of the molecule is C=CCOC(=O)C(C/C(=C\c1ccccc1)C(=O)OC)C(=O)OCC. The van der Waals surface area contributed by atoms with E-state index in [1.165, 1.54) is 13.2 Å². The summed E-state index contributed by atoms with van der Waals surface area (Å²) in [5.41, 5.74) is 0.910. The number of carbonyl (C=O) groups excluding carboxylic acids is 3. The van der Waals surface area contributed by atoms with E-state index in [0.717, 1.165) is 5.56 Å². The Morgan fingerprint density at radius 1 is 1.12 bits per heavy atom. The Morgan fingerprint density at radius 3 is 2.32 bits per heavy atom. The van der Waals surface area contributed by atoms with Crippen LogP contribution in [0.2, 0.25) is 0 Å². The lowest BCUT2D eigenvalue weighted by Gasteiger charge is -2.15. The minimum atomic E-state index is -1.26. The van der Waals surface area contributed by atoms with Gasteiger partial charge in [0.1, 0.15) is 6.61 Å². The molecule has 1 atom stereocenters. The molecule has 0 saturated heterocycles. The van der Waals surface area contributed by atoms with E-state index in [2.05, 4.69) is 6.58 Å². The van der Waals surface area contributed by atoms with Gasteiger partial charge in [-0.2, -0.15) is 0 Å². The average molecular weight is 346 g/mol. The van der Waals surface area contributed by atoms with Gasteiger partial charge in [0.25, 0.3) is 0 Å². The number of rotatable bonds is 9. The Labute approximate surface area is 147 Å². The average Bonchev–Trinajstić information content (AvgIpc) is 2.63. The van der Waals surface area contributed by atoms with E-state index in [0.29, 0.717) is 0 Å². The van der Waals surface area contributed by atoms with E-state index in [1.54, 1.807) is 25.1 Å². The Bertz CT molecular complexity index is 633. The fourth-order valence-corrected chi connectivity index (χ4v) is 2.05. The van der Waals surface area contributed by atoms with Gasteiger partial charge in [-0.1, -0.05) is 43.0 Å². The van der Waals surface area contributed by atoms with Crippen molar-refractivity contribution in [2.45, 2.75) is 13.3 Å². The number of carbonyl (C=O) groups is 3. The molecule has 134 valence electrons. The third kappa shape index (κ3) is 6.63. The molecule has 25 heavy (non-hydrogen) atoms. The first-order chi connectivity index (χ1) is 12.0. The Balaban J connectivity index is 3.11. The van der Waals surface area contributed by atoms with Crippen LogP contribution < -0.4 is 0 Å². The number of esters is 3. The zero-order chi connectivity index (χ0) is 18.7. The number of hydrogen-bond acceptors (Lipinski definition) is 6. The lowest BCUT2D eigenvalue weighted by molar-refractivity contribution is -0.161. The lowest BCUT2D eigenvalue weighted by atomic mass is 9.97. The van der Waals surface area contributed by atoms with Crippen molar-refractivity contribution in [1.29, 1.82) is 0 Å². The summed E-state index contributed by atoms with van der Waals surface area (Å²) in [6.07, 6.45) is 2.77. The molecule has 0 radical (unpaired) electrons. The van der Waals surface area contributed by atoms with Crippen molar-refractivity contribution in [3.05, 3.63) is 54.1 Å². The van der Waals surface area contributed by atoms with E-state index in [1.807, 2.05) is 18.2 Å². The molecule has 1 rings (SSSR count). The van der Waals surface area contributed by atoms with Gasteiger partial charge in [0.2, 0.25) is 0 Å². The van der Waals surface area contributed by atoms with Crippen LogP contribution >= 0.6 is 0 Å². The summed E-state index contributed by atoms with van der Waals surface area (Å²) in [6, 6.07) is 9.03. The van der Waals surface area contributed by atoms with Gasteiger partial charge >= 0.3 is 17.9 Å². The molecule has 0 aliphatic heterocycles. The largest absolute Gasteiger partial charge is 0.466 e. The maximum atomic E-state index is 12.2. The van der Waals surface area contributed by atoms with Crippen molar-refractivity contribution in [3.63, 3.8) is 0 Å². The zero-order valence-electron chi connectivity index (χ0n) is 14.4. The minimum absolute atomic E-state index is 0.0370. The summed E-state index contributed by atoms with van der Waals surface area (Å²) >= 11 is 0. The topological polar surface area (TPSA) is 78.9 Å². The molecule has 1 aromatic rings. The minimum Gasteiger partial charge on any atom is -0.466 e. The Hall–Kier alpha value is -2.89. The number of methoxy groups -OCH3 is 1. The molecule has 0 aliphatic carbocycles. The summed E-state index contributed by atoms with van der Waals surface area (Å²) in [5.74, 6) is -3.41. The number of ether oxygens (including phenoxy) is 3. The molecule has 0 N–H and O–H groups in total. The van der Waals surface area contributed by atoms with Gasteiger partial charge in [-0.25, -0.2) is 4.79 Å². The van der Waals surface area contributed by atoms with Gasteiger partial charge in [0.05, 0.1) is 13.7 Å². The van der Waals surface area contributed by atoms with Crippen molar-refractivity contribution in [2.75, 3.05) is 20.3 Å². The maximum absolute atomic E-state index is 12.2. The molecule has 0 aliphatic rings. The highest BCUT2D eigenvalue weighted by Crippen LogP contribution is 2.20. The smallest absolute Gasteiger partial charge is 0.333 e. The second-order valence-corrected chi connectivity index (χ2v) is 5.00. The third-order valence-electron chi connectivity index (χ3n) is 3.21. The first-order valence-corrected chi connectivity index (χ1v) is 7.81. The molecule has 6 heteroatoms. The molecule has 6 nitrogen and oxygen atoms in total. The van der Waals surface area contributed by atoms with Crippen molar-refractivity contribution in [1.82, 2.24) is 0 Å². The van der Waals surface area contributed by atoms with Crippen molar-refractivity contribution < 1.29 is 28.6 Å². The molecule has 0 spiro atoms. The monoisotopic (exact) mass is 346 g/mol. The summed E-state index contributed by atoms with van der Waals surface area (Å²) in [7, 11) is 1.23. The van der Waals surface area contributed by atoms with Gasteiger partial charge in [-0.15, -0.1) is 0 Å². The van der Waals surface area contributed by atoms with Gasteiger partial charge in [0.15, 0.2) is 5.92 Å². The van der Waals surface area contributed by atoms with Crippen LogP contribution in [0.25, 0.3) is 6.08 Å². The second-order valence-electron chi connectivity index (χ2n) is 5.00. The molecule has 0 bridgehead atoms. The van der Waals surface area contributed by atoms with Crippen LogP contribution in [0, 0.1) is 5.92 Å². The summed E-state index contributed by atoms with van der Waals surface area (Å²) < 4.78 is 14.6. The van der Waals surface area contributed by atoms with E-state index in [9.17, 15) is 14.4 Å². The van der Waals surface area contributed by atoms with E-state index < -0.39 is 23.8 Å². The van der Waals surface area contributed by atoms with Crippen LogP contribution in [0.15, 0.2) is 48.6 Å². The third-order valence-corrected chi connectivity index (χ3v) is 3.21. The normalized spacial score (nSPS) is 12.0. The van der Waals surface area contributed by atoms with Gasteiger partial charge in [0, 0.05) is 12.0 Å². The predicted molar refractivity (Wildman–Crippen MR) is 92.3 cm³/mol. The van der Waals surface area contributed by atoms with E-state index in [4.69, 9.17) is 14.2 Å². The second kappa shape index (κ2) is 10.8.